The molecule has 2 aliphatic rings. The van der Waals surface area contributed by atoms with Gasteiger partial charge in [-0.25, -0.2) is 4.98 Å². The number of nitrogens with zero attached hydrogens (tertiary/aromatic N) is 2. The van der Waals surface area contributed by atoms with E-state index in [-0.39, 0.29) is 11.9 Å². The maximum absolute atomic E-state index is 13.5. The van der Waals surface area contributed by atoms with E-state index in [0.717, 1.165) is 27.9 Å². The number of fused-ring (bicyclic) bond motifs is 1. The summed E-state index contributed by atoms with van der Waals surface area (Å²) in [6.45, 7) is 9.90. The summed E-state index contributed by atoms with van der Waals surface area (Å²) >= 11 is 1.61. The molecule has 1 unspecified atom stereocenters. The summed E-state index contributed by atoms with van der Waals surface area (Å²) in [6.07, 6.45) is 2.40. The molecule has 4 atom stereocenters. The van der Waals surface area contributed by atoms with Crippen molar-refractivity contribution in [2.24, 2.45) is 23.5 Å². The Labute approximate surface area is 165 Å². The summed E-state index contributed by atoms with van der Waals surface area (Å²) in [7, 11) is 0. The zero-order valence-electron chi connectivity index (χ0n) is 16.7. The first-order valence-corrected chi connectivity index (χ1v) is 10.8. The molecule has 1 saturated heterocycles. The highest BCUT2D eigenvalue weighted by molar-refractivity contribution is 7.15. The van der Waals surface area contributed by atoms with E-state index in [1.807, 2.05) is 11.8 Å². The van der Waals surface area contributed by atoms with Crippen molar-refractivity contribution in [3.8, 4) is 10.4 Å². The molecular weight excluding hydrogens is 354 g/mol. The lowest BCUT2D eigenvalue weighted by Crippen LogP contribution is -2.43. The van der Waals surface area contributed by atoms with E-state index in [1.54, 1.807) is 11.3 Å². The van der Waals surface area contributed by atoms with Gasteiger partial charge in [0.2, 0.25) is 0 Å². The molecular formula is C22H29N3OS. The second-order valence-electron chi connectivity index (χ2n) is 8.47. The van der Waals surface area contributed by atoms with Gasteiger partial charge < -0.3 is 10.6 Å². The van der Waals surface area contributed by atoms with Gasteiger partial charge in [-0.3, -0.25) is 4.79 Å². The topological polar surface area (TPSA) is 59.2 Å². The molecule has 0 radical (unpaired) electrons. The van der Waals surface area contributed by atoms with Gasteiger partial charge in [-0.15, -0.1) is 11.3 Å². The molecule has 1 aromatic heterocycles. The van der Waals surface area contributed by atoms with Crippen LogP contribution in [0.4, 0.5) is 0 Å². The molecule has 2 fully saturated rings. The maximum atomic E-state index is 13.5. The van der Waals surface area contributed by atoms with Crippen LogP contribution < -0.4 is 5.73 Å². The summed E-state index contributed by atoms with van der Waals surface area (Å²) in [5.41, 5.74) is 10.3. The third kappa shape index (κ3) is 3.21. The van der Waals surface area contributed by atoms with Gasteiger partial charge in [-0.2, -0.15) is 0 Å². The molecule has 1 aromatic carbocycles. The third-order valence-electron chi connectivity index (χ3n) is 6.52. The van der Waals surface area contributed by atoms with Crippen LogP contribution >= 0.6 is 11.3 Å². The SMILES string of the molecule is Cc1nc(C(=O)N2C[C@@H]3CC(C)C[C@@H]3[C@H]2CN)c(-c2ccc(C)c(C)c2)s1. The van der Waals surface area contributed by atoms with Crippen LogP contribution in [0.5, 0.6) is 0 Å². The average Bonchev–Trinajstić information content (AvgIpc) is 3.28. The molecule has 4 nitrogen and oxygen atoms in total. The Morgan fingerprint density at radius 1 is 1.26 bits per heavy atom. The number of benzene rings is 1. The second-order valence-corrected chi connectivity index (χ2v) is 9.67. The Morgan fingerprint density at radius 2 is 2.04 bits per heavy atom. The van der Waals surface area contributed by atoms with Crippen molar-refractivity contribution in [3.63, 3.8) is 0 Å². The number of hydrogen-bond donors (Lipinski definition) is 1. The first-order chi connectivity index (χ1) is 12.9. The van der Waals surface area contributed by atoms with Crippen molar-refractivity contribution in [1.82, 2.24) is 9.88 Å². The van der Waals surface area contributed by atoms with Crippen molar-refractivity contribution in [3.05, 3.63) is 40.0 Å². The average molecular weight is 384 g/mol. The van der Waals surface area contributed by atoms with Crippen LogP contribution in [0.2, 0.25) is 0 Å². The fraction of sp³-hybridized carbons (Fsp3) is 0.545. The van der Waals surface area contributed by atoms with Crippen LogP contribution in [0.1, 0.15) is 46.4 Å². The molecule has 2 N–H and O–H groups in total. The fourth-order valence-corrected chi connectivity index (χ4v) is 5.97. The quantitative estimate of drug-likeness (QED) is 0.865. The molecule has 1 saturated carbocycles. The second kappa shape index (κ2) is 7.02. The van der Waals surface area contributed by atoms with Gasteiger partial charge in [-0.05, 0) is 68.1 Å². The van der Waals surface area contributed by atoms with E-state index < -0.39 is 0 Å². The first-order valence-electron chi connectivity index (χ1n) is 9.95. The van der Waals surface area contributed by atoms with Gasteiger partial charge >= 0.3 is 0 Å². The summed E-state index contributed by atoms with van der Waals surface area (Å²) in [5, 5.41) is 0.934. The summed E-state index contributed by atoms with van der Waals surface area (Å²) < 4.78 is 0. The minimum Gasteiger partial charge on any atom is -0.332 e. The van der Waals surface area contributed by atoms with Crippen LogP contribution in [-0.4, -0.2) is 34.9 Å². The number of rotatable bonds is 3. The number of carbonyl (C=O) groups is 1. The number of aromatic nitrogens is 1. The third-order valence-corrected chi connectivity index (χ3v) is 7.54. The zero-order chi connectivity index (χ0) is 19.3. The minimum absolute atomic E-state index is 0.0603. The van der Waals surface area contributed by atoms with Crippen LogP contribution in [-0.2, 0) is 0 Å². The molecule has 2 heterocycles. The van der Waals surface area contributed by atoms with Gasteiger partial charge in [0.1, 0.15) is 5.69 Å². The first kappa shape index (κ1) is 18.6. The monoisotopic (exact) mass is 383 g/mol. The van der Waals surface area contributed by atoms with Crippen LogP contribution in [0.15, 0.2) is 18.2 Å². The van der Waals surface area contributed by atoms with E-state index >= 15 is 0 Å². The Hall–Kier alpha value is -1.72. The molecule has 1 aliphatic carbocycles. The van der Waals surface area contributed by atoms with E-state index in [0.29, 0.717) is 24.1 Å². The molecule has 0 bridgehead atoms. The molecule has 4 rings (SSSR count). The van der Waals surface area contributed by atoms with Crippen molar-refractivity contribution >= 4 is 17.2 Å². The molecule has 27 heavy (non-hydrogen) atoms. The van der Waals surface area contributed by atoms with Crippen molar-refractivity contribution in [2.45, 2.75) is 46.6 Å². The van der Waals surface area contributed by atoms with Gasteiger partial charge in [0.05, 0.1) is 9.88 Å². The summed E-state index contributed by atoms with van der Waals surface area (Å²) in [6, 6.07) is 6.55. The highest BCUT2D eigenvalue weighted by Gasteiger charge is 2.48. The number of thiazole rings is 1. The highest BCUT2D eigenvalue weighted by Crippen LogP contribution is 2.45. The zero-order valence-corrected chi connectivity index (χ0v) is 17.5. The van der Waals surface area contributed by atoms with Crippen LogP contribution in [0.3, 0.4) is 0 Å². The molecule has 1 aliphatic heterocycles. The molecule has 0 spiro atoms. The fourth-order valence-electron chi connectivity index (χ4n) is 5.07. The number of amides is 1. The van der Waals surface area contributed by atoms with E-state index in [4.69, 9.17) is 5.73 Å². The number of aryl methyl sites for hydroxylation is 3. The number of likely N-dealkylation sites (tertiary alicyclic amines) is 1. The van der Waals surface area contributed by atoms with E-state index in [1.165, 1.54) is 24.0 Å². The predicted octanol–water partition coefficient (Wildman–Crippen LogP) is 4.18. The van der Waals surface area contributed by atoms with E-state index in [2.05, 4.69) is 44.0 Å². The Morgan fingerprint density at radius 3 is 2.74 bits per heavy atom. The van der Waals surface area contributed by atoms with Crippen molar-refractivity contribution < 1.29 is 4.79 Å². The molecule has 5 heteroatoms. The molecule has 1 amide bonds. The number of hydrogen-bond acceptors (Lipinski definition) is 4. The smallest absolute Gasteiger partial charge is 0.274 e. The van der Waals surface area contributed by atoms with Crippen LogP contribution in [0, 0.1) is 38.5 Å². The largest absolute Gasteiger partial charge is 0.332 e. The van der Waals surface area contributed by atoms with Crippen molar-refractivity contribution in [2.75, 3.05) is 13.1 Å². The normalized spacial score (nSPS) is 27.2. The number of nitrogens with two attached hydrogens (primary N) is 1. The Balaban J connectivity index is 1.68. The standard InChI is InChI=1S/C22H29N3OS/c1-12-7-17-11-25(19(10-23)18(17)8-12)22(26)20-21(27-15(4)24-20)16-6-5-13(2)14(3)9-16/h5-6,9,12,17-19H,7-8,10-11,23H2,1-4H3/t12?,17-,18-,19+/m0/s1. The Bertz CT molecular complexity index is 874. The van der Waals surface area contributed by atoms with Gasteiger partial charge in [0, 0.05) is 19.1 Å². The lowest BCUT2D eigenvalue weighted by molar-refractivity contribution is 0.0710. The molecule has 2 aromatic rings. The summed E-state index contributed by atoms with van der Waals surface area (Å²) in [5.74, 6) is 1.96. The van der Waals surface area contributed by atoms with Gasteiger partial charge in [0.25, 0.3) is 5.91 Å². The van der Waals surface area contributed by atoms with Gasteiger partial charge in [0.15, 0.2) is 0 Å². The highest BCUT2D eigenvalue weighted by atomic mass is 32.1. The number of carbonyl (C=O) groups excluding carboxylic acids is 1. The van der Waals surface area contributed by atoms with Crippen LogP contribution in [0.25, 0.3) is 10.4 Å². The molecule has 144 valence electrons. The maximum Gasteiger partial charge on any atom is 0.274 e. The van der Waals surface area contributed by atoms with E-state index in [9.17, 15) is 4.79 Å². The predicted molar refractivity (Wildman–Crippen MR) is 111 cm³/mol. The minimum atomic E-state index is 0.0603. The lowest BCUT2D eigenvalue weighted by atomic mass is 9.94. The summed E-state index contributed by atoms with van der Waals surface area (Å²) in [4.78, 5) is 21.2. The lowest BCUT2D eigenvalue weighted by Gasteiger charge is -2.27. The van der Waals surface area contributed by atoms with Crippen molar-refractivity contribution in [1.29, 1.82) is 0 Å². The Kier molecular flexibility index (Phi) is 4.85. The van der Waals surface area contributed by atoms with Gasteiger partial charge in [-0.1, -0.05) is 25.1 Å².